The summed E-state index contributed by atoms with van der Waals surface area (Å²) < 4.78 is 26.4. The summed E-state index contributed by atoms with van der Waals surface area (Å²) in [7, 11) is -3.50. The van der Waals surface area contributed by atoms with Crippen molar-refractivity contribution in [2.24, 2.45) is 0 Å². The third kappa shape index (κ3) is 4.21. The van der Waals surface area contributed by atoms with E-state index >= 15 is 0 Å². The first-order valence-corrected chi connectivity index (χ1v) is 7.18. The van der Waals surface area contributed by atoms with Gasteiger partial charge in [0.25, 0.3) is 0 Å². The lowest BCUT2D eigenvalue weighted by atomic mass is 10.5. The fourth-order valence-electron chi connectivity index (χ4n) is 0.927. The van der Waals surface area contributed by atoms with Gasteiger partial charge in [-0.25, -0.2) is 13.1 Å². The van der Waals surface area contributed by atoms with Crippen LogP contribution < -0.4 is 4.72 Å². The molecular formula is C9H10BrClN2O2S. The number of allylic oxidation sites excluding steroid dienone is 1. The van der Waals surface area contributed by atoms with Gasteiger partial charge in [-0.15, -0.1) is 11.6 Å². The van der Waals surface area contributed by atoms with Crippen LogP contribution >= 0.6 is 27.5 Å². The van der Waals surface area contributed by atoms with Crippen molar-refractivity contribution in [3.8, 4) is 0 Å². The number of pyridine rings is 1. The summed E-state index contributed by atoms with van der Waals surface area (Å²) in [5.41, 5.74) is 0. The summed E-state index contributed by atoms with van der Waals surface area (Å²) in [4.78, 5) is 3.92. The minimum absolute atomic E-state index is 0.126. The van der Waals surface area contributed by atoms with Crippen molar-refractivity contribution in [3.63, 3.8) is 0 Å². The van der Waals surface area contributed by atoms with Crippen molar-refractivity contribution in [1.29, 1.82) is 0 Å². The average molecular weight is 326 g/mol. The van der Waals surface area contributed by atoms with Crippen LogP contribution in [0, 0.1) is 0 Å². The molecule has 0 aliphatic carbocycles. The molecule has 4 nitrogen and oxygen atoms in total. The smallest absolute Gasteiger partial charge is 0.242 e. The highest BCUT2D eigenvalue weighted by atomic mass is 79.9. The maximum absolute atomic E-state index is 11.7. The maximum Gasteiger partial charge on any atom is 0.242 e. The first-order valence-electron chi connectivity index (χ1n) is 4.37. The molecule has 0 amide bonds. The molecule has 0 aromatic carbocycles. The Morgan fingerprint density at radius 1 is 1.44 bits per heavy atom. The summed E-state index contributed by atoms with van der Waals surface area (Å²) in [5, 5.41) is 0. The van der Waals surface area contributed by atoms with E-state index in [-0.39, 0.29) is 11.4 Å². The molecule has 0 saturated heterocycles. The topological polar surface area (TPSA) is 59.1 Å². The zero-order chi connectivity index (χ0) is 12.0. The molecule has 88 valence electrons. The summed E-state index contributed by atoms with van der Waals surface area (Å²) >= 11 is 8.57. The van der Waals surface area contributed by atoms with Crippen LogP contribution in [-0.2, 0) is 10.0 Å². The van der Waals surface area contributed by atoms with E-state index in [4.69, 9.17) is 11.6 Å². The van der Waals surface area contributed by atoms with Crippen LogP contribution in [0.15, 0.2) is 40.0 Å². The fourth-order valence-corrected chi connectivity index (χ4v) is 2.53. The molecule has 0 aliphatic rings. The average Bonchev–Trinajstić information content (AvgIpc) is 2.24. The molecule has 1 aromatic heterocycles. The molecule has 1 aromatic rings. The number of aromatic nitrogens is 1. The fraction of sp³-hybridized carbons (Fsp3) is 0.222. The Kier molecular flexibility index (Phi) is 5.40. The highest BCUT2D eigenvalue weighted by Crippen LogP contribution is 2.13. The molecular weight excluding hydrogens is 316 g/mol. The van der Waals surface area contributed by atoms with Gasteiger partial charge in [-0.2, -0.15) is 0 Å². The van der Waals surface area contributed by atoms with E-state index in [2.05, 4.69) is 25.6 Å². The second-order valence-corrected chi connectivity index (χ2v) is 5.81. The van der Waals surface area contributed by atoms with Gasteiger partial charge in [0.2, 0.25) is 10.0 Å². The lowest BCUT2D eigenvalue weighted by Crippen LogP contribution is -2.23. The Balaban J connectivity index is 2.75. The number of sulfonamides is 1. The predicted octanol–water partition coefficient (Wildman–Crippen LogP) is 1.92. The number of alkyl halides is 1. The number of hydrogen-bond acceptors (Lipinski definition) is 3. The molecule has 0 spiro atoms. The van der Waals surface area contributed by atoms with Gasteiger partial charge in [0, 0.05) is 29.3 Å². The van der Waals surface area contributed by atoms with Crippen molar-refractivity contribution in [2.45, 2.75) is 4.90 Å². The van der Waals surface area contributed by atoms with Crippen LogP contribution in [0.4, 0.5) is 0 Å². The normalized spacial score (nSPS) is 12.1. The lowest BCUT2D eigenvalue weighted by molar-refractivity contribution is 0.585. The summed E-state index contributed by atoms with van der Waals surface area (Å²) in [6.07, 6.45) is 6.13. The standard InChI is InChI=1S/C9H10BrClN2O2S/c10-8-5-9(7-12-6-8)16(14,15)13-4-2-1-3-11/h1-2,5-7,13H,3-4H2/b2-1+. The molecule has 1 rings (SSSR count). The SMILES string of the molecule is O=S(=O)(NC/C=C/CCl)c1cncc(Br)c1. The molecule has 1 heterocycles. The first kappa shape index (κ1) is 13.6. The summed E-state index contributed by atoms with van der Waals surface area (Å²) in [6.45, 7) is 0.210. The van der Waals surface area contributed by atoms with Crippen LogP contribution in [0.5, 0.6) is 0 Å². The van der Waals surface area contributed by atoms with Gasteiger partial charge < -0.3 is 0 Å². The monoisotopic (exact) mass is 324 g/mol. The quantitative estimate of drug-likeness (QED) is 0.664. The van der Waals surface area contributed by atoms with Crippen LogP contribution in [0.1, 0.15) is 0 Å². The molecule has 0 radical (unpaired) electrons. The van der Waals surface area contributed by atoms with E-state index in [0.29, 0.717) is 10.4 Å². The van der Waals surface area contributed by atoms with Gasteiger partial charge >= 0.3 is 0 Å². The van der Waals surface area contributed by atoms with Gasteiger partial charge in [-0.3, -0.25) is 4.98 Å². The van der Waals surface area contributed by atoms with Crippen molar-refractivity contribution in [3.05, 3.63) is 35.1 Å². The van der Waals surface area contributed by atoms with E-state index in [1.807, 2.05) is 0 Å². The third-order valence-corrected chi connectivity index (χ3v) is 3.64. The van der Waals surface area contributed by atoms with Gasteiger partial charge in [-0.1, -0.05) is 12.2 Å². The number of rotatable bonds is 5. The minimum atomic E-state index is -3.50. The first-order chi connectivity index (χ1) is 7.56. The second kappa shape index (κ2) is 6.34. The highest BCUT2D eigenvalue weighted by molar-refractivity contribution is 9.10. The predicted molar refractivity (Wildman–Crippen MR) is 67.0 cm³/mol. The largest absolute Gasteiger partial charge is 0.262 e. The zero-order valence-electron chi connectivity index (χ0n) is 8.23. The highest BCUT2D eigenvalue weighted by Gasteiger charge is 2.12. The Bertz CT molecular complexity index is 476. The van der Waals surface area contributed by atoms with E-state index in [1.165, 1.54) is 18.5 Å². The molecule has 0 saturated carbocycles. The van der Waals surface area contributed by atoms with Gasteiger partial charge in [0.15, 0.2) is 0 Å². The second-order valence-electron chi connectivity index (χ2n) is 2.82. The third-order valence-electron chi connectivity index (χ3n) is 1.64. The van der Waals surface area contributed by atoms with Crippen LogP contribution in [-0.4, -0.2) is 25.8 Å². The molecule has 0 aliphatic heterocycles. The number of nitrogens with one attached hydrogen (secondary N) is 1. The Hall–Kier alpha value is -0.430. The van der Waals surface area contributed by atoms with Crippen molar-refractivity contribution < 1.29 is 8.42 Å². The number of hydrogen-bond donors (Lipinski definition) is 1. The molecule has 0 bridgehead atoms. The Morgan fingerprint density at radius 2 is 2.19 bits per heavy atom. The van der Waals surface area contributed by atoms with E-state index in [0.717, 1.165) is 0 Å². The van der Waals surface area contributed by atoms with Crippen LogP contribution in [0.2, 0.25) is 0 Å². The van der Waals surface area contributed by atoms with E-state index in [1.54, 1.807) is 12.2 Å². The zero-order valence-corrected chi connectivity index (χ0v) is 11.4. The maximum atomic E-state index is 11.7. The van der Waals surface area contributed by atoms with Gasteiger partial charge in [0.1, 0.15) is 4.90 Å². The molecule has 16 heavy (non-hydrogen) atoms. The number of nitrogens with zero attached hydrogens (tertiary/aromatic N) is 1. The van der Waals surface area contributed by atoms with Gasteiger partial charge in [0.05, 0.1) is 0 Å². The molecule has 0 fully saturated rings. The Labute approximate surface area is 108 Å². The molecule has 0 unspecified atom stereocenters. The molecule has 1 N–H and O–H groups in total. The lowest BCUT2D eigenvalue weighted by Gasteiger charge is -2.03. The van der Waals surface area contributed by atoms with Crippen molar-refractivity contribution >= 4 is 37.6 Å². The molecule has 0 atom stereocenters. The van der Waals surface area contributed by atoms with Crippen molar-refractivity contribution in [2.75, 3.05) is 12.4 Å². The number of halogens is 2. The molecule has 7 heteroatoms. The van der Waals surface area contributed by atoms with Gasteiger partial charge in [-0.05, 0) is 22.0 Å². The van der Waals surface area contributed by atoms with E-state index < -0.39 is 10.0 Å². The van der Waals surface area contributed by atoms with E-state index in [9.17, 15) is 8.42 Å². The van der Waals surface area contributed by atoms with Crippen LogP contribution in [0.25, 0.3) is 0 Å². The summed E-state index contributed by atoms with van der Waals surface area (Å²) in [5.74, 6) is 0.361. The van der Waals surface area contributed by atoms with Crippen LogP contribution in [0.3, 0.4) is 0 Å². The minimum Gasteiger partial charge on any atom is -0.262 e. The summed E-state index contributed by atoms with van der Waals surface area (Å²) in [6, 6.07) is 1.49. The van der Waals surface area contributed by atoms with Crippen molar-refractivity contribution in [1.82, 2.24) is 9.71 Å². The Morgan fingerprint density at radius 3 is 2.81 bits per heavy atom.